The highest BCUT2D eigenvalue weighted by atomic mass is 16.3. The van der Waals surface area contributed by atoms with Crippen molar-refractivity contribution in [1.82, 2.24) is 19.9 Å². The van der Waals surface area contributed by atoms with Crippen molar-refractivity contribution in [2.45, 2.75) is 0 Å². The van der Waals surface area contributed by atoms with Gasteiger partial charge < -0.3 is 10.4 Å². The van der Waals surface area contributed by atoms with E-state index in [1.54, 1.807) is 0 Å². The summed E-state index contributed by atoms with van der Waals surface area (Å²) in [4.78, 5) is 28.6. The third kappa shape index (κ3) is 2.49. The molecular formula is C15H14N4O3. The number of fused-ring (bicyclic) bond motifs is 1. The lowest BCUT2D eigenvalue weighted by atomic mass is 10.1. The molecule has 0 saturated heterocycles. The maximum atomic E-state index is 12.1. The standard InChI is InChI=1S/C15H14N4O3/c20-7-6-16-15(22)11-9-17-19-13(21)8-12(18-14(11)19)10-4-2-1-3-5-10/h1-5,8-9,17,20H,6-7H2,(H,16,22). The molecule has 112 valence electrons. The molecule has 0 aliphatic rings. The number of rotatable bonds is 4. The van der Waals surface area contributed by atoms with Gasteiger partial charge in [-0.25, -0.2) is 9.50 Å². The normalized spacial score (nSPS) is 10.8. The molecule has 7 nitrogen and oxygen atoms in total. The van der Waals surface area contributed by atoms with Gasteiger partial charge in [0.15, 0.2) is 5.65 Å². The first-order valence-electron chi connectivity index (χ1n) is 6.76. The first kappa shape index (κ1) is 14.0. The summed E-state index contributed by atoms with van der Waals surface area (Å²) in [6, 6.07) is 10.7. The lowest BCUT2D eigenvalue weighted by molar-refractivity contribution is 0.0946. The van der Waals surface area contributed by atoms with Crippen molar-refractivity contribution in [3.8, 4) is 11.3 Å². The lowest BCUT2D eigenvalue weighted by Crippen LogP contribution is -2.26. The molecule has 22 heavy (non-hydrogen) atoms. The van der Waals surface area contributed by atoms with E-state index in [1.165, 1.54) is 16.8 Å². The SMILES string of the molecule is O=C(NCCO)c1c[nH]n2c(=O)cc(-c3ccccc3)nc12. The second-order valence-electron chi connectivity index (χ2n) is 4.67. The number of aromatic amines is 1. The maximum absolute atomic E-state index is 12.1. The molecule has 1 aromatic carbocycles. The molecule has 1 amide bonds. The number of aliphatic hydroxyl groups excluding tert-OH is 1. The van der Waals surface area contributed by atoms with Crippen LogP contribution in [0.2, 0.25) is 0 Å². The first-order chi connectivity index (χ1) is 10.7. The van der Waals surface area contributed by atoms with Crippen LogP contribution in [0.1, 0.15) is 10.4 Å². The third-order valence-corrected chi connectivity index (χ3v) is 3.21. The quantitative estimate of drug-likeness (QED) is 0.649. The van der Waals surface area contributed by atoms with Crippen molar-refractivity contribution in [3.05, 3.63) is 58.5 Å². The molecule has 0 saturated carbocycles. The fourth-order valence-electron chi connectivity index (χ4n) is 2.17. The Balaban J connectivity index is 2.12. The number of carbonyl (C=O) groups excluding carboxylic acids is 1. The fraction of sp³-hybridized carbons (Fsp3) is 0.133. The van der Waals surface area contributed by atoms with Gasteiger partial charge in [-0.3, -0.25) is 14.7 Å². The fourth-order valence-corrected chi connectivity index (χ4v) is 2.17. The highest BCUT2D eigenvalue weighted by Crippen LogP contribution is 2.16. The Morgan fingerprint density at radius 3 is 2.82 bits per heavy atom. The van der Waals surface area contributed by atoms with E-state index < -0.39 is 5.91 Å². The second-order valence-corrected chi connectivity index (χ2v) is 4.67. The summed E-state index contributed by atoms with van der Waals surface area (Å²) in [7, 11) is 0. The summed E-state index contributed by atoms with van der Waals surface area (Å²) in [5.74, 6) is -0.398. The Labute approximate surface area is 125 Å². The van der Waals surface area contributed by atoms with E-state index in [0.717, 1.165) is 5.56 Å². The number of nitrogens with zero attached hydrogens (tertiary/aromatic N) is 2. The Kier molecular flexibility index (Phi) is 3.71. The molecule has 2 aromatic heterocycles. The van der Waals surface area contributed by atoms with E-state index in [1.807, 2.05) is 30.3 Å². The number of benzene rings is 1. The molecule has 3 N–H and O–H groups in total. The van der Waals surface area contributed by atoms with E-state index in [-0.39, 0.29) is 29.9 Å². The van der Waals surface area contributed by atoms with Crippen LogP contribution < -0.4 is 10.9 Å². The van der Waals surface area contributed by atoms with E-state index >= 15 is 0 Å². The smallest absolute Gasteiger partial charge is 0.273 e. The molecule has 0 atom stereocenters. The predicted molar refractivity (Wildman–Crippen MR) is 80.7 cm³/mol. The van der Waals surface area contributed by atoms with Gasteiger partial charge in [-0.2, -0.15) is 0 Å². The van der Waals surface area contributed by atoms with Crippen LogP contribution in [-0.4, -0.2) is 38.8 Å². The molecule has 3 aromatic rings. The van der Waals surface area contributed by atoms with Gasteiger partial charge in [-0.1, -0.05) is 30.3 Å². The van der Waals surface area contributed by atoms with Crippen LogP contribution >= 0.6 is 0 Å². The van der Waals surface area contributed by atoms with Crippen molar-refractivity contribution in [2.75, 3.05) is 13.2 Å². The van der Waals surface area contributed by atoms with E-state index in [4.69, 9.17) is 5.11 Å². The van der Waals surface area contributed by atoms with Gasteiger partial charge in [0, 0.05) is 24.4 Å². The van der Waals surface area contributed by atoms with Gasteiger partial charge >= 0.3 is 0 Å². The number of carbonyl (C=O) groups is 1. The molecule has 0 spiro atoms. The first-order valence-corrected chi connectivity index (χ1v) is 6.76. The van der Waals surface area contributed by atoms with Gasteiger partial charge in [0.2, 0.25) is 0 Å². The maximum Gasteiger partial charge on any atom is 0.273 e. The minimum Gasteiger partial charge on any atom is -0.395 e. The molecule has 0 aliphatic heterocycles. The zero-order valence-electron chi connectivity index (χ0n) is 11.6. The number of hydrogen-bond acceptors (Lipinski definition) is 4. The van der Waals surface area contributed by atoms with Gasteiger partial charge in [0.1, 0.15) is 5.56 Å². The summed E-state index contributed by atoms with van der Waals surface area (Å²) in [5.41, 5.74) is 1.50. The molecule has 0 aliphatic carbocycles. The molecular weight excluding hydrogens is 284 g/mol. The number of H-pyrrole nitrogens is 1. The number of aliphatic hydroxyl groups is 1. The highest BCUT2D eigenvalue weighted by Gasteiger charge is 2.15. The second kappa shape index (κ2) is 5.82. The summed E-state index contributed by atoms with van der Waals surface area (Å²) >= 11 is 0. The van der Waals surface area contributed by atoms with Gasteiger partial charge in [0.05, 0.1) is 12.3 Å². The monoisotopic (exact) mass is 298 g/mol. The average Bonchev–Trinajstić information content (AvgIpc) is 2.98. The Bertz CT molecular complexity index is 867. The van der Waals surface area contributed by atoms with E-state index in [9.17, 15) is 9.59 Å². The number of aromatic nitrogens is 3. The molecule has 2 heterocycles. The summed E-state index contributed by atoms with van der Waals surface area (Å²) in [6.07, 6.45) is 1.42. The van der Waals surface area contributed by atoms with Crippen molar-refractivity contribution >= 4 is 11.6 Å². The third-order valence-electron chi connectivity index (χ3n) is 3.21. The largest absolute Gasteiger partial charge is 0.395 e. The Morgan fingerprint density at radius 1 is 1.32 bits per heavy atom. The average molecular weight is 298 g/mol. The molecule has 0 unspecified atom stereocenters. The zero-order valence-corrected chi connectivity index (χ0v) is 11.6. The Hall–Kier alpha value is -2.93. The van der Waals surface area contributed by atoms with Crippen molar-refractivity contribution < 1.29 is 9.90 Å². The lowest BCUT2D eigenvalue weighted by Gasteiger charge is -2.03. The van der Waals surface area contributed by atoms with Crippen molar-refractivity contribution in [2.24, 2.45) is 0 Å². The highest BCUT2D eigenvalue weighted by molar-refractivity contribution is 5.99. The molecule has 0 bridgehead atoms. The number of hydrogen-bond donors (Lipinski definition) is 3. The number of amides is 1. The molecule has 0 fully saturated rings. The van der Waals surface area contributed by atoms with Gasteiger partial charge in [0.25, 0.3) is 11.5 Å². The summed E-state index contributed by atoms with van der Waals surface area (Å²) in [6.45, 7) is -0.0183. The van der Waals surface area contributed by atoms with E-state index in [2.05, 4.69) is 15.4 Å². The van der Waals surface area contributed by atoms with Crippen LogP contribution in [0.4, 0.5) is 0 Å². The van der Waals surface area contributed by atoms with Gasteiger partial charge in [-0.05, 0) is 0 Å². The van der Waals surface area contributed by atoms with Gasteiger partial charge in [-0.15, -0.1) is 0 Å². The van der Waals surface area contributed by atoms with Crippen molar-refractivity contribution in [1.29, 1.82) is 0 Å². The summed E-state index contributed by atoms with van der Waals surface area (Å²) in [5, 5.41) is 14.0. The van der Waals surface area contributed by atoms with Crippen LogP contribution in [0, 0.1) is 0 Å². The zero-order chi connectivity index (χ0) is 15.5. The van der Waals surface area contributed by atoms with E-state index in [0.29, 0.717) is 5.69 Å². The van der Waals surface area contributed by atoms with Crippen LogP contribution in [0.5, 0.6) is 0 Å². The molecule has 0 radical (unpaired) electrons. The van der Waals surface area contributed by atoms with Crippen LogP contribution in [0.25, 0.3) is 16.9 Å². The predicted octanol–water partition coefficient (Wildman–Crippen LogP) is 0.412. The minimum atomic E-state index is -0.398. The van der Waals surface area contributed by atoms with Crippen LogP contribution in [-0.2, 0) is 0 Å². The topological polar surface area (TPSA) is 99.5 Å². The molecule has 3 rings (SSSR count). The van der Waals surface area contributed by atoms with Crippen LogP contribution in [0.15, 0.2) is 47.4 Å². The molecule has 7 heteroatoms. The minimum absolute atomic E-state index is 0.138. The number of nitrogens with one attached hydrogen (secondary N) is 2. The Morgan fingerprint density at radius 2 is 2.09 bits per heavy atom. The van der Waals surface area contributed by atoms with Crippen molar-refractivity contribution in [3.63, 3.8) is 0 Å². The summed E-state index contributed by atoms with van der Waals surface area (Å²) < 4.78 is 1.21. The van der Waals surface area contributed by atoms with Crippen LogP contribution in [0.3, 0.4) is 0 Å².